The summed E-state index contributed by atoms with van der Waals surface area (Å²) in [6.45, 7) is 11.3. The molecule has 4 heterocycles. The minimum Gasteiger partial charge on any atom is -0.379 e. The van der Waals surface area contributed by atoms with E-state index in [2.05, 4.69) is 39.2 Å². The Kier molecular flexibility index (Phi) is 7.16. The van der Waals surface area contributed by atoms with Crippen LogP contribution >= 0.6 is 11.3 Å². The van der Waals surface area contributed by atoms with Crippen LogP contribution in [0.5, 0.6) is 0 Å². The summed E-state index contributed by atoms with van der Waals surface area (Å²) >= 11 is 1.61. The molecule has 0 bridgehead atoms. The number of thiazole rings is 1. The topological polar surface area (TPSA) is 82.6 Å². The maximum atomic E-state index is 12.0. The SMILES string of the molecule is C=CC(=O)N1CCCC(Nc2cc(CN3CCOCC3)cc(Nc3ncc(C)s3)n2)C1. The van der Waals surface area contributed by atoms with Crippen molar-refractivity contribution in [1.29, 1.82) is 0 Å². The van der Waals surface area contributed by atoms with Crippen molar-refractivity contribution in [1.82, 2.24) is 19.8 Å². The van der Waals surface area contributed by atoms with Crippen LogP contribution in [-0.4, -0.2) is 71.1 Å². The number of carbonyl (C=O) groups is 1. The molecule has 0 radical (unpaired) electrons. The predicted molar refractivity (Wildman–Crippen MR) is 124 cm³/mol. The molecule has 2 aliphatic rings. The van der Waals surface area contributed by atoms with Crippen molar-refractivity contribution in [3.63, 3.8) is 0 Å². The van der Waals surface area contributed by atoms with Gasteiger partial charge in [-0.05, 0) is 43.5 Å². The van der Waals surface area contributed by atoms with E-state index in [9.17, 15) is 4.79 Å². The van der Waals surface area contributed by atoms with Crippen molar-refractivity contribution in [2.24, 2.45) is 0 Å². The molecule has 166 valence electrons. The van der Waals surface area contributed by atoms with Crippen LogP contribution in [0.4, 0.5) is 16.8 Å². The fourth-order valence-electron chi connectivity index (χ4n) is 3.99. The van der Waals surface area contributed by atoms with Crippen LogP contribution in [0.25, 0.3) is 0 Å². The minimum atomic E-state index is -0.0120. The average molecular weight is 443 g/mol. The van der Waals surface area contributed by atoms with E-state index in [-0.39, 0.29) is 11.9 Å². The first kappa shape index (κ1) is 21.7. The summed E-state index contributed by atoms with van der Waals surface area (Å²) in [4.78, 5) is 26.6. The first-order valence-corrected chi connectivity index (χ1v) is 11.6. The molecule has 31 heavy (non-hydrogen) atoms. The van der Waals surface area contributed by atoms with Crippen molar-refractivity contribution in [2.75, 3.05) is 50.0 Å². The minimum absolute atomic E-state index is 0.0120. The molecule has 4 rings (SSSR count). The molecule has 9 heteroatoms. The van der Waals surface area contributed by atoms with Crippen molar-refractivity contribution in [3.05, 3.63) is 41.4 Å². The standard InChI is InChI=1S/C22H30N6O2S/c1-3-21(29)28-6-4-5-18(15-28)24-19-11-17(14-27-7-9-30-10-8-27)12-20(25-19)26-22-23-13-16(2)31-22/h3,11-13,18H,1,4-10,14-15H2,2H3,(H2,23,24,25,26). The lowest BCUT2D eigenvalue weighted by atomic mass is 10.1. The van der Waals surface area contributed by atoms with Gasteiger partial charge in [0.05, 0.1) is 13.2 Å². The van der Waals surface area contributed by atoms with Crippen LogP contribution in [0.2, 0.25) is 0 Å². The van der Waals surface area contributed by atoms with Gasteiger partial charge in [-0.15, -0.1) is 11.3 Å². The molecule has 2 aromatic heterocycles. The molecule has 8 nitrogen and oxygen atoms in total. The van der Waals surface area contributed by atoms with Crippen LogP contribution in [0.1, 0.15) is 23.3 Å². The van der Waals surface area contributed by atoms with Gasteiger partial charge >= 0.3 is 0 Å². The number of anilines is 3. The first-order valence-electron chi connectivity index (χ1n) is 10.8. The highest BCUT2D eigenvalue weighted by molar-refractivity contribution is 7.15. The number of hydrogen-bond acceptors (Lipinski definition) is 8. The Balaban J connectivity index is 1.51. The molecular weight excluding hydrogens is 412 g/mol. The van der Waals surface area contributed by atoms with Gasteiger partial charge in [0.2, 0.25) is 5.91 Å². The van der Waals surface area contributed by atoms with Crippen LogP contribution in [-0.2, 0) is 16.1 Å². The summed E-state index contributed by atoms with van der Waals surface area (Å²) in [7, 11) is 0. The zero-order chi connectivity index (χ0) is 21.6. The Morgan fingerprint density at radius 2 is 2.13 bits per heavy atom. The van der Waals surface area contributed by atoms with Gasteiger partial charge in [-0.3, -0.25) is 9.69 Å². The maximum Gasteiger partial charge on any atom is 0.246 e. The number of nitrogens with zero attached hydrogens (tertiary/aromatic N) is 4. The molecule has 2 saturated heterocycles. The van der Waals surface area contributed by atoms with Gasteiger partial charge in [0.15, 0.2) is 5.13 Å². The van der Waals surface area contributed by atoms with Crippen molar-refractivity contribution in [3.8, 4) is 0 Å². The van der Waals surface area contributed by atoms with Crippen LogP contribution < -0.4 is 10.6 Å². The Bertz CT molecular complexity index is 911. The highest BCUT2D eigenvalue weighted by Gasteiger charge is 2.23. The number of ether oxygens (including phenoxy) is 1. The smallest absolute Gasteiger partial charge is 0.246 e. The largest absolute Gasteiger partial charge is 0.379 e. The molecule has 1 atom stereocenters. The van der Waals surface area contributed by atoms with Crippen molar-refractivity contribution in [2.45, 2.75) is 32.4 Å². The lowest BCUT2D eigenvalue weighted by Gasteiger charge is -2.33. The molecule has 1 amide bonds. The highest BCUT2D eigenvalue weighted by atomic mass is 32.1. The molecular formula is C22H30N6O2S. The number of carbonyl (C=O) groups excluding carboxylic acids is 1. The number of aryl methyl sites for hydroxylation is 1. The molecule has 2 N–H and O–H groups in total. The van der Waals surface area contributed by atoms with Gasteiger partial charge in [0.25, 0.3) is 0 Å². The number of nitrogens with one attached hydrogen (secondary N) is 2. The number of piperidine rings is 1. The number of morpholine rings is 1. The second-order valence-electron chi connectivity index (χ2n) is 8.01. The van der Waals surface area contributed by atoms with Gasteiger partial charge in [-0.25, -0.2) is 9.97 Å². The van der Waals surface area contributed by atoms with Gasteiger partial charge < -0.3 is 20.3 Å². The number of amides is 1. The Labute approximate surface area is 187 Å². The number of rotatable bonds is 7. The third kappa shape index (κ3) is 6.03. The Hall–Kier alpha value is -2.49. The lowest BCUT2D eigenvalue weighted by molar-refractivity contribution is -0.127. The summed E-state index contributed by atoms with van der Waals surface area (Å²) in [6.07, 6.45) is 5.22. The van der Waals surface area contributed by atoms with E-state index < -0.39 is 0 Å². The van der Waals surface area contributed by atoms with Crippen molar-refractivity contribution >= 4 is 34.0 Å². The fraction of sp³-hybridized carbons (Fsp3) is 0.500. The fourth-order valence-corrected chi connectivity index (χ4v) is 4.66. The molecule has 1 unspecified atom stereocenters. The van der Waals surface area contributed by atoms with Crippen LogP contribution in [0.3, 0.4) is 0 Å². The Morgan fingerprint density at radius 3 is 2.87 bits per heavy atom. The van der Waals surface area contributed by atoms with Gasteiger partial charge in [-0.1, -0.05) is 6.58 Å². The van der Waals surface area contributed by atoms with Crippen LogP contribution in [0.15, 0.2) is 31.0 Å². The van der Waals surface area contributed by atoms with E-state index in [1.165, 1.54) is 11.6 Å². The number of aromatic nitrogens is 2. The van der Waals surface area contributed by atoms with Gasteiger partial charge in [0, 0.05) is 49.8 Å². The molecule has 0 spiro atoms. The van der Waals surface area contributed by atoms with Crippen LogP contribution in [0, 0.1) is 6.92 Å². The third-order valence-electron chi connectivity index (χ3n) is 5.51. The summed E-state index contributed by atoms with van der Waals surface area (Å²) in [5, 5.41) is 7.74. The van der Waals surface area contributed by atoms with E-state index in [1.54, 1.807) is 11.3 Å². The summed E-state index contributed by atoms with van der Waals surface area (Å²) in [5.74, 6) is 1.58. The molecule has 0 saturated carbocycles. The second-order valence-corrected chi connectivity index (χ2v) is 9.24. The number of pyridine rings is 1. The first-order chi connectivity index (χ1) is 15.1. The van der Waals surface area contributed by atoms with Gasteiger partial charge in [0.1, 0.15) is 11.6 Å². The molecule has 2 aliphatic heterocycles. The highest BCUT2D eigenvalue weighted by Crippen LogP contribution is 2.25. The van der Waals surface area contributed by atoms with E-state index >= 15 is 0 Å². The quantitative estimate of drug-likeness (QED) is 0.638. The maximum absolute atomic E-state index is 12.0. The normalized spacial score (nSPS) is 19.8. The van der Waals surface area contributed by atoms with Crippen molar-refractivity contribution < 1.29 is 9.53 Å². The molecule has 0 aliphatic carbocycles. The van der Waals surface area contributed by atoms with E-state index in [0.717, 1.165) is 73.9 Å². The summed E-state index contributed by atoms with van der Waals surface area (Å²) < 4.78 is 5.48. The number of likely N-dealkylation sites (tertiary alicyclic amines) is 1. The monoisotopic (exact) mass is 442 g/mol. The van der Waals surface area contributed by atoms with Gasteiger partial charge in [-0.2, -0.15) is 0 Å². The van der Waals surface area contributed by atoms with E-state index in [4.69, 9.17) is 9.72 Å². The average Bonchev–Trinajstić information content (AvgIpc) is 3.18. The summed E-state index contributed by atoms with van der Waals surface area (Å²) in [5.41, 5.74) is 1.19. The zero-order valence-electron chi connectivity index (χ0n) is 18.0. The lowest BCUT2D eigenvalue weighted by Crippen LogP contribution is -2.44. The molecule has 0 aromatic carbocycles. The number of hydrogen-bond donors (Lipinski definition) is 2. The molecule has 2 aromatic rings. The van der Waals surface area contributed by atoms with E-state index in [0.29, 0.717) is 6.54 Å². The second kappa shape index (κ2) is 10.2. The summed E-state index contributed by atoms with van der Waals surface area (Å²) in [6, 6.07) is 4.37. The third-order valence-corrected chi connectivity index (χ3v) is 6.34. The predicted octanol–water partition coefficient (Wildman–Crippen LogP) is 3.01. The molecule has 2 fully saturated rings. The Morgan fingerprint density at radius 1 is 1.32 bits per heavy atom. The van der Waals surface area contributed by atoms with E-state index in [1.807, 2.05) is 18.0 Å². The zero-order valence-corrected chi connectivity index (χ0v) is 18.8.